The lowest BCUT2D eigenvalue weighted by Gasteiger charge is -2.05. The third kappa shape index (κ3) is 1.33. The summed E-state index contributed by atoms with van der Waals surface area (Å²) in [7, 11) is 0. The number of H-pyrrole nitrogens is 1. The first-order valence-electron chi connectivity index (χ1n) is 3.34. The van der Waals surface area contributed by atoms with Crippen LogP contribution in [-0.2, 0) is 0 Å². The van der Waals surface area contributed by atoms with E-state index in [1.807, 2.05) is 13.0 Å². The molecule has 2 nitrogen and oxygen atoms in total. The SMILES string of the molecule is CCC(N)c1cc[nH]c1Cl. The zero-order chi connectivity index (χ0) is 7.56. The second kappa shape index (κ2) is 3.08. The van der Waals surface area contributed by atoms with E-state index in [1.165, 1.54) is 0 Å². The largest absolute Gasteiger partial charge is 0.352 e. The molecule has 10 heavy (non-hydrogen) atoms. The van der Waals surface area contributed by atoms with E-state index in [4.69, 9.17) is 17.3 Å². The lowest BCUT2D eigenvalue weighted by atomic mass is 10.1. The summed E-state index contributed by atoms with van der Waals surface area (Å²) in [5.41, 5.74) is 6.74. The van der Waals surface area contributed by atoms with Gasteiger partial charge in [0.15, 0.2) is 0 Å². The van der Waals surface area contributed by atoms with Crippen molar-refractivity contribution in [2.45, 2.75) is 19.4 Å². The molecule has 1 atom stereocenters. The average Bonchev–Trinajstić information content (AvgIpc) is 2.34. The maximum absolute atomic E-state index is 5.78. The standard InChI is InChI=1S/C7H11ClN2/c1-2-6(9)5-3-4-10-7(5)8/h3-4,6,10H,2,9H2,1H3. The van der Waals surface area contributed by atoms with Gasteiger partial charge in [0, 0.05) is 17.8 Å². The van der Waals surface area contributed by atoms with Crippen LogP contribution in [0.15, 0.2) is 12.3 Å². The van der Waals surface area contributed by atoms with Crippen molar-refractivity contribution in [3.05, 3.63) is 23.0 Å². The third-order valence-corrected chi connectivity index (χ3v) is 1.89. The van der Waals surface area contributed by atoms with Crippen LogP contribution in [0.5, 0.6) is 0 Å². The first-order valence-corrected chi connectivity index (χ1v) is 3.71. The molecule has 3 N–H and O–H groups in total. The van der Waals surface area contributed by atoms with Crippen LogP contribution in [0, 0.1) is 0 Å². The predicted molar refractivity (Wildman–Crippen MR) is 43.0 cm³/mol. The van der Waals surface area contributed by atoms with Crippen molar-refractivity contribution in [2.75, 3.05) is 0 Å². The van der Waals surface area contributed by atoms with Crippen molar-refractivity contribution < 1.29 is 0 Å². The molecular formula is C7H11ClN2. The van der Waals surface area contributed by atoms with Crippen LogP contribution in [-0.4, -0.2) is 4.98 Å². The number of halogens is 1. The number of aromatic nitrogens is 1. The van der Waals surface area contributed by atoms with Gasteiger partial charge in [-0.25, -0.2) is 0 Å². The van der Waals surface area contributed by atoms with E-state index in [1.54, 1.807) is 6.20 Å². The molecule has 0 fully saturated rings. The molecule has 1 aromatic heterocycles. The van der Waals surface area contributed by atoms with Crippen molar-refractivity contribution in [1.82, 2.24) is 4.98 Å². The molecule has 0 spiro atoms. The van der Waals surface area contributed by atoms with Gasteiger partial charge in [-0.1, -0.05) is 18.5 Å². The highest BCUT2D eigenvalue weighted by atomic mass is 35.5. The molecule has 0 aliphatic carbocycles. The van der Waals surface area contributed by atoms with E-state index >= 15 is 0 Å². The summed E-state index contributed by atoms with van der Waals surface area (Å²) in [5, 5.41) is 0.661. The van der Waals surface area contributed by atoms with E-state index in [2.05, 4.69) is 4.98 Å². The van der Waals surface area contributed by atoms with Gasteiger partial charge in [0.05, 0.1) is 0 Å². The van der Waals surface area contributed by atoms with Crippen LogP contribution in [0.25, 0.3) is 0 Å². The second-order valence-electron chi connectivity index (χ2n) is 2.26. The minimum absolute atomic E-state index is 0.0683. The highest BCUT2D eigenvalue weighted by molar-refractivity contribution is 6.30. The molecule has 3 heteroatoms. The lowest BCUT2D eigenvalue weighted by molar-refractivity contribution is 0.700. The van der Waals surface area contributed by atoms with Crippen LogP contribution in [0.4, 0.5) is 0 Å². The molecule has 0 saturated carbocycles. The number of nitrogens with one attached hydrogen (secondary N) is 1. The van der Waals surface area contributed by atoms with Gasteiger partial charge in [-0.2, -0.15) is 0 Å². The van der Waals surface area contributed by atoms with Gasteiger partial charge in [0.25, 0.3) is 0 Å². The molecule has 0 aromatic carbocycles. The highest BCUT2D eigenvalue weighted by Crippen LogP contribution is 2.21. The topological polar surface area (TPSA) is 41.8 Å². The average molecular weight is 159 g/mol. The predicted octanol–water partition coefficient (Wildman–Crippen LogP) is 2.08. The highest BCUT2D eigenvalue weighted by Gasteiger charge is 2.07. The number of rotatable bonds is 2. The summed E-state index contributed by atoms with van der Waals surface area (Å²) >= 11 is 5.78. The summed E-state index contributed by atoms with van der Waals surface area (Å²) < 4.78 is 0. The van der Waals surface area contributed by atoms with Gasteiger partial charge in [-0.15, -0.1) is 0 Å². The zero-order valence-electron chi connectivity index (χ0n) is 5.89. The zero-order valence-corrected chi connectivity index (χ0v) is 6.65. The van der Waals surface area contributed by atoms with E-state index < -0.39 is 0 Å². The molecule has 1 unspecified atom stereocenters. The number of hydrogen-bond acceptors (Lipinski definition) is 1. The summed E-state index contributed by atoms with van der Waals surface area (Å²) in [6.45, 7) is 2.04. The molecule has 0 bridgehead atoms. The van der Waals surface area contributed by atoms with E-state index in [0.717, 1.165) is 12.0 Å². The van der Waals surface area contributed by atoms with Crippen LogP contribution in [0.1, 0.15) is 24.9 Å². The Labute approximate surface area is 65.4 Å². The summed E-state index contributed by atoms with van der Waals surface area (Å²) in [5.74, 6) is 0. The molecule has 0 radical (unpaired) electrons. The normalized spacial score (nSPS) is 13.5. The maximum atomic E-state index is 5.78. The molecule has 0 aliphatic rings. The summed E-state index contributed by atoms with van der Waals surface area (Å²) in [6.07, 6.45) is 2.71. The fraction of sp³-hybridized carbons (Fsp3) is 0.429. The monoisotopic (exact) mass is 158 g/mol. The van der Waals surface area contributed by atoms with E-state index in [0.29, 0.717) is 5.15 Å². The van der Waals surface area contributed by atoms with Gasteiger partial charge in [0.1, 0.15) is 5.15 Å². The third-order valence-electron chi connectivity index (χ3n) is 1.57. The van der Waals surface area contributed by atoms with Crippen LogP contribution in [0.2, 0.25) is 5.15 Å². The molecular weight excluding hydrogens is 148 g/mol. The Hall–Kier alpha value is -0.470. The summed E-state index contributed by atoms with van der Waals surface area (Å²) in [4.78, 5) is 2.87. The minimum atomic E-state index is 0.0683. The van der Waals surface area contributed by atoms with Gasteiger partial charge in [-0.3, -0.25) is 0 Å². The second-order valence-corrected chi connectivity index (χ2v) is 2.64. The van der Waals surface area contributed by atoms with Gasteiger partial charge < -0.3 is 10.7 Å². The molecule has 1 aromatic rings. The number of hydrogen-bond donors (Lipinski definition) is 2. The Balaban J connectivity index is 2.82. The lowest BCUT2D eigenvalue weighted by Crippen LogP contribution is -2.07. The van der Waals surface area contributed by atoms with Crippen molar-refractivity contribution in [2.24, 2.45) is 5.73 Å². The van der Waals surface area contributed by atoms with Crippen molar-refractivity contribution >= 4 is 11.6 Å². The van der Waals surface area contributed by atoms with Gasteiger partial charge in [0.2, 0.25) is 0 Å². The van der Waals surface area contributed by atoms with Crippen molar-refractivity contribution in [3.63, 3.8) is 0 Å². The Morgan fingerprint density at radius 2 is 2.50 bits per heavy atom. The first kappa shape index (κ1) is 7.63. The molecule has 1 rings (SSSR count). The maximum Gasteiger partial charge on any atom is 0.111 e. The van der Waals surface area contributed by atoms with Gasteiger partial charge in [-0.05, 0) is 12.5 Å². The molecule has 1 heterocycles. The van der Waals surface area contributed by atoms with Crippen LogP contribution in [0.3, 0.4) is 0 Å². The Kier molecular flexibility index (Phi) is 2.35. The smallest absolute Gasteiger partial charge is 0.111 e. The van der Waals surface area contributed by atoms with Crippen LogP contribution < -0.4 is 5.73 Å². The van der Waals surface area contributed by atoms with E-state index in [-0.39, 0.29) is 6.04 Å². The first-order chi connectivity index (χ1) is 4.75. The quantitative estimate of drug-likeness (QED) is 0.680. The van der Waals surface area contributed by atoms with Crippen molar-refractivity contribution in [1.29, 1.82) is 0 Å². The number of nitrogens with two attached hydrogens (primary N) is 1. The Bertz CT molecular complexity index is 207. The summed E-state index contributed by atoms with van der Waals surface area (Å²) in [6, 6.07) is 1.98. The molecule has 0 saturated heterocycles. The fourth-order valence-electron chi connectivity index (χ4n) is 0.867. The van der Waals surface area contributed by atoms with Crippen molar-refractivity contribution in [3.8, 4) is 0 Å². The Morgan fingerprint density at radius 1 is 1.80 bits per heavy atom. The molecule has 0 amide bonds. The molecule has 0 aliphatic heterocycles. The van der Waals surface area contributed by atoms with E-state index in [9.17, 15) is 0 Å². The Morgan fingerprint density at radius 3 is 2.90 bits per heavy atom. The van der Waals surface area contributed by atoms with Gasteiger partial charge >= 0.3 is 0 Å². The van der Waals surface area contributed by atoms with Crippen LogP contribution >= 0.6 is 11.6 Å². The molecule has 56 valence electrons. The number of aromatic amines is 1. The minimum Gasteiger partial charge on any atom is -0.352 e. The fourth-order valence-corrected chi connectivity index (χ4v) is 1.13.